The summed E-state index contributed by atoms with van der Waals surface area (Å²) in [6.07, 6.45) is 6.18. The van der Waals surface area contributed by atoms with E-state index in [1.807, 2.05) is 32.6 Å². The monoisotopic (exact) mass is 319 g/mol. The van der Waals surface area contributed by atoms with E-state index in [0.29, 0.717) is 13.2 Å². The molecular weight excluding hydrogens is 298 g/mol. The SMILES string of the molecule is Cc1cnn(C2C3OCC(O3)C(NCc3cnn(C)c3)C2O)c1. The highest BCUT2D eigenvalue weighted by Crippen LogP contribution is 2.35. The van der Waals surface area contributed by atoms with E-state index in [0.717, 1.165) is 11.1 Å². The molecule has 23 heavy (non-hydrogen) atoms. The molecule has 0 radical (unpaired) electrons. The molecular formula is C15H21N5O3. The fourth-order valence-corrected chi connectivity index (χ4v) is 3.33. The molecule has 5 atom stereocenters. The normalized spacial score (nSPS) is 33.3. The zero-order chi connectivity index (χ0) is 16.0. The Bertz CT molecular complexity index is 684. The highest BCUT2D eigenvalue weighted by molar-refractivity contribution is 5.07. The van der Waals surface area contributed by atoms with Crippen LogP contribution in [0.3, 0.4) is 0 Å². The fourth-order valence-electron chi connectivity index (χ4n) is 3.33. The molecule has 4 rings (SSSR count). The van der Waals surface area contributed by atoms with Gasteiger partial charge in [0.1, 0.15) is 12.1 Å². The molecule has 2 aliphatic heterocycles. The van der Waals surface area contributed by atoms with Gasteiger partial charge in [-0.05, 0) is 12.5 Å². The molecule has 8 nitrogen and oxygen atoms in total. The van der Waals surface area contributed by atoms with Gasteiger partial charge in [0.15, 0.2) is 6.29 Å². The Hall–Kier alpha value is -1.74. The van der Waals surface area contributed by atoms with Crippen LogP contribution in [-0.4, -0.2) is 55.8 Å². The van der Waals surface area contributed by atoms with Gasteiger partial charge in [0.05, 0.1) is 31.1 Å². The number of aryl methyl sites for hydroxylation is 2. The number of fused-ring (bicyclic) bond motifs is 2. The predicted molar refractivity (Wildman–Crippen MR) is 80.5 cm³/mol. The zero-order valence-electron chi connectivity index (χ0n) is 13.2. The van der Waals surface area contributed by atoms with Crippen molar-refractivity contribution in [2.75, 3.05) is 6.61 Å². The van der Waals surface area contributed by atoms with E-state index >= 15 is 0 Å². The average Bonchev–Trinajstić information content (AvgIpc) is 3.22. The lowest BCUT2D eigenvalue weighted by molar-refractivity contribution is -0.168. The second-order valence-corrected chi connectivity index (χ2v) is 6.28. The number of hydrogen-bond acceptors (Lipinski definition) is 6. The maximum Gasteiger partial charge on any atom is 0.183 e. The van der Waals surface area contributed by atoms with Crippen LogP contribution in [0.2, 0.25) is 0 Å². The van der Waals surface area contributed by atoms with E-state index in [1.165, 1.54) is 0 Å². The van der Waals surface area contributed by atoms with Crippen LogP contribution in [0.5, 0.6) is 0 Å². The molecule has 0 aromatic carbocycles. The minimum atomic E-state index is -0.641. The smallest absolute Gasteiger partial charge is 0.183 e. The van der Waals surface area contributed by atoms with Crippen LogP contribution in [0.4, 0.5) is 0 Å². The van der Waals surface area contributed by atoms with Gasteiger partial charge in [-0.3, -0.25) is 9.36 Å². The van der Waals surface area contributed by atoms with E-state index < -0.39 is 12.4 Å². The number of hydrogen-bond donors (Lipinski definition) is 2. The average molecular weight is 319 g/mol. The highest BCUT2D eigenvalue weighted by atomic mass is 16.7. The minimum absolute atomic E-state index is 0.153. The minimum Gasteiger partial charge on any atom is -0.389 e. The summed E-state index contributed by atoms with van der Waals surface area (Å²) in [7, 11) is 1.88. The van der Waals surface area contributed by atoms with Gasteiger partial charge in [-0.1, -0.05) is 0 Å². The lowest BCUT2D eigenvalue weighted by Gasteiger charge is -2.38. The van der Waals surface area contributed by atoms with E-state index in [9.17, 15) is 5.11 Å². The van der Waals surface area contributed by atoms with Gasteiger partial charge >= 0.3 is 0 Å². The Morgan fingerprint density at radius 3 is 2.91 bits per heavy atom. The molecule has 8 heteroatoms. The van der Waals surface area contributed by atoms with Gasteiger partial charge in [-0.15, -0.1) is 0 Å². The van der Waals surface area contributed by atoms with Crippen LogP contribution in [-0.2, 0) is 23.1 Å². The molecule has 2 N–H and O–H groups in total. The summed E-state index contributed by atoms with van der Waals surface area (Å²) >= 11 is 0. The highest BCUT2D eigenvalue weighted by Gasteiger charge is 2.51. The molecule has 2 aromatic heterocycles. The Morgan fingerprint density at radius 2 is 2.22 bits per heavy atom. The van der Waals surface area contributed by atoms with Gasteiger partial charge in [-0.2, -0.15) is 10.2 Å². The number of nitrogens with one attached hydrogen (secondary N) is 1. The Morgan fingerprint density at radius 1 is 1.35 bits per heavy atom. The van der Waals surface area contributed by atoms with E-state index in [2.05, 4.69) is 15.5 Å². The van der Waals surface area contributed by atoms with Crippen molar-refractivity contribution in [2.24, 2.45) is 7.05 Å². The van der Waals surface area contributed by atoms with Crippen molar-refractivity contribution in [3.8, 4) is 0 Å². The molecule has 4 heterocycles. The predicted octanol–water partition coefficient (Wildman–Crippen LogP) is -0.259. The first kappa shape index (κ1) is 14.8. The summed E-state index contributed by atoms with van der Waals surface area (Å²) in [6.45, 7) is 3.06. The molecule has 0 aliphatic carbocycles. The van der Waals surface area contributed by atoms with Gasteiger partial charge in [-0.25, -0.2) is 0 Å². The molecule has 5 unspecified atom stereocenters. The summed E-state index contributed by atoms with van der Waals surface area (Å²) in [6, 6.07) is -0.572. The number of aliphatic hydroxyl groups is 1. The lowest BCUT2D eigenvalue weighted by atomic mass is 9.96. The van der Waals surface area contributed by atoms with Gasteiger partial charge in [0.25, 0.3) is 0 Å². The third-order valence-electron chi connectivity index (χ3n) is 4.47. The maximum absolute atomic E-state index is 10.9. The second kappa shape index (κ2) is 5.72. The van der Waals surface area contributed by atoms with Crippen LogP contribution in [0.1, 0.15) is 17.2 Å². The van der Waals surface area contributed by atoms with Crippen molar-refractivity contribution in [3.05, 3.63) is 35.9 Å². The first-order chi connectivity index (χ1) is 11.1. The second-order valence-electron chi connectivity index (χ2n) is 6.28. The Labute approximate surface area is 134 Å². The van der Waals surface area contributed by atoms with Crippen molar-refractivity contribution in [1.82, 2.24) is 24.9 Å². The largest absolute Gasteiger partial charge is 0.389 e. The molecule has 2 saturated heterocycles. The van der Waals surface area contributed by atoms with Gasteiger partial charge in [0, 0.05) is 31.5 Å². The van der Waals surface area contributed by atoms with E-state index in [4.69, 9.17) is 9.47 Å². The van der Waals surface area contributed by atoms with Crippen molar-refractivity contribution in [3.63, 3.8) is 0 Å². The fraction of sp³-hybridized carbons (Fsp3) is 0.600. The van der Waals surface area contributed by atoms with Crippen LogP contribution < -0.4 is 5.32 Å². The Kier molecular flexibility index (Phi) is 3.68. The summed E-state index contributed by atoms with van der Waals surface area (Å²) in [5.74, 6) is 0. The van der Waals surface area contributed by atoms with E-state index in [-0.39, 0.29) is 18.2 Å². The summed E-state index contributed by atoms with van der Waals surface area (Å²) in [4.78, 5) is 0. The van der Waals surface area contributed by atoms with Crippen molar-refractivity contribution in [2.45, 2.75) is 44.1 Å². The van der Waals surface area contributed by atoms with Crippen LogP contribution >= 0.6 is 0 Å². The molecule has 124 valence electrons. The number of nitrogens with zero attached hydrogens (tertiary/aromatic N) is 4. The summed E-state index contributed by atoms with van der Waals surface area (Å²) in [5.41, 5.74) is 2.10. The van der Waals surface area contributed by atoms with Crippen LogP contribution in [0, 0.1) is 6.92 Å². The van der Waals surface area contributed by atoms with E-state index in [1.54, 1.807) is 15.6 Å². The number of aromatic nitrogens is 4. The molecule has 2 bridgehead atoms. The number of aliphatic hydroxyl groups excluding tert-OH is 1. The molecule has 2 aromatic rings. The molecule has 0 saturated carbocycles. The summed E-state index contributed by atoms with van der Waals surface area (Å²) in [5, 5.41) is 22.7. The zero-order valence-corrected chi connectivity index (χ0v) is 13.2. The molecule has 0 amide bonds. The Balaban J connectivity index is 1.52. The molecule has 2 fully saturated rings. The van der Waals surface area contributed by atoms with Gasteiger partial charge in [0.2, 0.25) is 0 Å². The molecule has 2 aliphatic rings. The molecule has 0 spiro atoms. The standard InChI is InChI=1S/C15H21N5O3/c1-9-3-18-20(6-9)13-14(21)12(11-8-22-15(13)23-11)16-4-10-5-17-19(2)7-10/h3,5-7,11-16,21H,4,8H2,1-2H3. The summed E-state index contributed by atoms with van der Waals surface area (Å²) < 4.78 is 15.1. The number of rotatable bonds is 4. The maximum atomic E-state index is 10.9. The quantitative estimate of drug-likeness (QED) is 0.807. The third-order valence-corrected chi connectivity index (χ3v) is 4.47. The lowest BCUT2D eigenvalue weighted by Crippen LogP contribution is -2.57. The van der Waals surface area contributed by atoms with Crippen LogP contribution in [0.15, 0.2) is 24.8 Å². The van der Waals surface area contributed by atoms with Crippen molar-refractivity contribution in [1.29, 1.82) is 0 Å². The first-order valence-corrected chi connectivity index (χ1v) is 7.78. The topological polar surface area (TPSA) is 86.4 Å². The van der Waals surface area contributed by atoms with Crippen molar-refractivity contribution >= 4 is 0 Å². The van der Waals surface area contributed by atoms with Gasteiger partial charge < -0.3 is 19.9 Å². The third kappa shape index (κ3) is 2.67. The first-order valence-electron chi connectivity index (χ1n) is 7.78. The van der Waals surface area contributed by atoms with Crippen LogP contribution in [0.25, 0.3) is 0 Å². The number of ether oxygens (including phenoxy) is 2. The van der Waals surface area contributed by atoms with Crippen molar-refractivity contribution < 1.29 is 14.6 Å².